The van der Waals surface area contributed by atoms with Crippen LogP contribution in [0.2, 0.25) is 0 Å². The quantitative estimate of drug-likeness (QED) is 0.607. The summed E-state index contributed by atoms with van der Waals surface area (Å²) < 4.78 is 3.95. The zero-order chi connectivity index (χ0) is 15.0. The number of benzene rings is 1. The van der Waals surface area contributed by atoms with E-state index < -0.39 is 0 Å². The van der Waals surface area contributed by atoms with Gasteiger partial charge in [-0.25, -0.2) is 0 Å². The van der Waals surface area contributed by atoms with Crippen molar-refractivity contribution in [3.63, 3.8) is 0 Å². The molecule has 0 radical (unpaired) electrons. The SMILES string of the molecule is CSCCc1[nH]c(=S)n(-c2ccc3[nH]c(=S)sc3c2)c1O. The van der Waals surface area contributed by atoms with Gasteiger partial charge in [-0.05, 0) is 54.6 Å². The number of aromatic nitrogens is 3. The zero-order valence-electron chi connectivity index (χ0n) is 11.2. The third kappa shape index (κ3) is 2.80. The van der Waals surface area contributed by atoms with E-state index in [0.717, 1.165) is 37.7 Å². The Morgan fingerprint density at radius 1 is 1.33 bits per heavy atom. The molecule has 3 rings (SSSR count). The van der Waals surface area contributed by atoms with E-state index in [-0.39, 0.29) is 5.88 Å². The molecule has 3 N–H and O–H groups in total. The summed E-state index contributed by atoms with van der Waals surface area (Å²) in [4.78, 5) is 6.21. The highest BCUT2D eigenvalue weighted by atomic mass is 32.2. The number of aryl methyl sites for hydroxylation is 1. The lowest BCUT2D eigenvalue weighted by atomic mass is 10.3. The second-order valence-corrected chi connectivity index (χ2v) is 7.60. The third-order valence-electron chi connectivity index (χ3n) is 3.16. The number of rotatable bonds is 4. The van der Waals surface area contributed by atoms with Crippen LogP contribution in [0.15, 0.2) is 18.2 Å². The number of hydrogen-bond donors (Lipinski definition) is 3. The van der Waals surface area contributed by atoms with Crippen molar-refractivity contribution in [3.8, 4) is 11.6 Å². The van der Waals surface area contributed by atoms with Crippen LogP contribution in [-0.4, -0.2) is 31.7 Å². The standard InChI is InChI=1S/C13H13N3OS4/c1-20-5-4-9-11(17)16(12(18)14-9)7-2-3-8-10(6-7)21-13(19)15-8/h2-3,6,17H,4-5H2,1H3,(H,14,18)(H,15,19). The molecule has 0 saturated carbocycles. The number of nitrogens with zero attached hydrogens (tertiary/aromatic N) is 1. The lowest BCUT2D eigenvalue weighted by Gasteiger charge is -2.05. The second kappa shape index (κ2) is 5.96. The number of H-pyrrole nitrogens is 2. The van der Waals surface area contributed by atoms with Crippen LogP contribution < -0.4 is 0 Å². The second-order valence-electron chi connectivity index (χ2n) is 4.51. The number of thiazole rings is 1. The van der Waals surface area contributed by atoms with Gasteiger partial charge in [-0.15, -0.1) is 11.3 Å². The Bertz CT molecular complexity index is 902. The largest absolute Gasteiger partial charge is 0.493 e. The van der Waals surface area contributed by atoms with Crippen LogP contribution in [-0.2, 0) is 6.42 Å². The van der Waals surface area contributed by atoms with Crippen molar-refractivity contribution in [2.45, 2.75) is 6.42 Å². The van der Waals surface area contributed by atoms with E-state index in [2.05, 4.69) is 9.97 Å². The Kier molecular flexibility index (Phi) is 4.21. The molecule has 0 aliphatic heterocycles. The van der Waals surface area contributed by atoms with Crippen LogP contribution >= 0.6 is 47.5 Å². The average molecular weight is 356 g/mol. The molecule has 4 nitrogen and oxygen atoms in total. The van der Waals surface area contributed by atoms with Crippen LogP contribution in [0.25, 0.3) is 15.9 Å². The van der Waals surface area contributed by atoms with Crippen LogP contribution in [0.3, 0.4) is 0 Å². The molecule has 0 aliphatic carbocycles. The first-order chi connectivity index (χ1) is 10.1. The summed E-state index contributed by atoms with van der Waals surface area (Å²) >= 11 is 13.7. The fourth-order valence-corrected chi connectivity index (χ4v) is 4.04. The monoisotopic (exact) mass is 355 g/mol. The van der Waals surface area contributed by atoms with Crippen LogP contribution in [0.4, 0.5) is 0 Å². The average Bonchev–Trinajstić information content (AvgIpc) is 2.95. The van der Waals surface area contributed by atoms with Gasteiger partial charge in [0.2, 0.25) is 5.88 Å². The highest BCUT2D eigenvalue weighted by Crippen LogP contribution is 2.27. The first kappa shape index (κ1) is 14.8. The number of thioether (sulfide) groups is 1. The van der Waals surface area contributed by atoms with Crippen LogP contribution in [0.1, 0.15) is 5.69 Å². The van der Waals surface area contributed by atoms with Gasteiger partial charge in [0.1, 0.15) is 0 Å². The lowest BCUT2D eigenvalue weighted by Crippen LogP contribution is -1.94. The maximum Gasteiger partial charge on any atom is 0.218 e. The molecule has 110 valence electrons. The molecule has 0 spiro atoms. The number of imidazole rings is 1. The van der Waals surface area contributed by atoms with Gasteiger partial charge >= 0.3 is 0 Å². The first-order valence-corrected chi connectivity index (χ1v) is 9.28. The summed E-state index contributed by atoms with van der Waals surface area (Å²) in [5.41, 5.74) is 2.61. The van der Waals surface area contributed by atoms with Gasteiger partial charge in [0.25, 0.3) is 0 Å². The normalized spacial score (nSPS) is 11.3. The van der Waals surface area contributed by atoms with Crippen molar-refractivity contribution in [2.24, 2.45) is 0 Å². The van der Waals surface area contributed by atoms with E-state index in [4.69, 9.17) is 24.4 Å². The van der Waals surface area contributed by atoms with Crippen molar-refractivity contribution >= 4 is 57.8 Å². The molecule has 0 aliphatic rings. The molecule has 0 bridgehead atoms. The molecule has 2 aromatic heterocycles. The Hall–Kier alpha value is -1.09. The molecule has 1 aromatic carbocycles. The topological polar surface area (TPSA) is 56.7 Å². The Morgan fingerprint density at radius 3 is 2.90 bits per heavy atom. The molecule has 21 heavy (non-hydrogen) atoms. The molecule has 3 aromatic rings. The molecule has 0 unspecified atom stereocenters. The van der Waals surface area contributed by atoms with Gasteiger partial charge in [-0.3, -0.25) is 4.57 Å². The van der Waals surface area contributed by atoms with E-state index in [1.165, 1.54) is 11.3 Å². The summed E-state index contributed by atoms with van der Waals surface area (Å²) in [6, 6.07) is 5.85. The third-order valence-corrected chi connectivity index (χ3v) is 5.26. The Balaban J connectivity index is 2.11. The summed E-state index contributed by atoms with van der Waals surface area (Å²) in [5, 5.41) is 10.4. The van der Waals surface area contributed by atoms with Gasteiger partial charge in [-0.2, -0.15) is 11.8 Å². The van der Waals surface area contributed by atoms with Crippen molar-refractivity contribution in [1.29, 1.82) is 0 Å². The summed E-state index contributed by atoms with van der Waals surface area (Å²) in [6.07, 6.45) is 2.80. The molecule has 0 fully saturated rings. The Morgan fingerprint density at radius 2 is 2.14 bits per heavy atom. The van der Waals surface area contributed by atoms with Gasteiger partial charge in [0.05, 0.1) is 21.6 Å². The van der Waals surface area contributed by atoms with E-state index in [1.807, 2.05) is 24.5 Å². The van der Waals surface area contributed by atoms with Crippen molar-refractivity contribution in [1.82, 2.24) is 14.5 Å². The van der Waals surface area contributed by atoms with Crippen molar-refractivity contribution in [2.75, 3.05) is 12.0 Å². The summed E-state index contributed by atoms with van der Waals surface area (Å²) in [5.74, 6) is 1.12. The molecular weight excluding hydrogens is 342 g/mol. The van der Waals surface area contributed by atoms with Gasteiger partial charge < -0.3 is 15.1 Å². The smallest absolute Gasteiger partial charge is 0.218 e. The van der Waals surface area contributed by atoms with Crippen LogP contribution in [0.5, 0.6) is 5.88 Å². The van der Waals surface area contributed by atoms with Crippen molar-refractivity contribution in [3.05, 3.63) is 32.6 Å². The number of fused-ring (bicyclic) bond motifs is 1. The minimum absolute atomic E-state index is 0.188. The first-order valence-electron chi connectivity index (χ1n) is 6.25. The number of aromatic hydroxyl groups is 1. The number of nitrogens with one attached hydrogen (secondary N) is 2. The zero-order valence-corrected chi connectivity index (χ0v) is 14.4. The molecule has 0 saturated heterocycles. The molecule has 0 amide bonds. The maximum absolute atomic E-state index is 10.4. The minimum atomic E-state index is 0.188. The number of hydrogen-bond acceptors (Lipinski definition) is 5. The predicted molar refractivity (Wildman–Crippen MR) is 95.3 cm³/mol. The minimum Gasteiger partial charge on any atom is -0.493 e. The maximum atomic E-state index is 10.4. The molecular formula is C13H13N3OS4. The molecule has 2 heterocycles. The van der Waals surface area contributed by atoms with Gasteiger partial charge in [0, 0.05) is 6.42 Å². The lowest BCUT2D eigenvalue weighted by molar-refractivity contribution is 0.436. The highest BCUT2D eigenvalue weighted by Gasteiger charge is 2.13. The van der Waals surface area contributed by atoms with Crippen LogP contribution in [0, 0.1) is 8.73 Å². The highest BCUT2D eigenvalue weighted by molar-refractivity contribution is 7.98. The van der Waals surface area contributed by atoms with Gasteiger partial charge in [-0.1, -0.05) is 0 Å². The van der Waals surface area contributed by atoms with E-state index >= 15 is 0 Å². The van der Waals surface area contributed by atoms with E-state index in [1.54, 1.807) is 16.3 Å². The molecule has 0 atom stereocenters. The number of aromatic amines is 2. The van der Waals surface area contributed by atoms with Crippen molar-refractivity contribution < 1.29 is 5.11 Å². The fourth-order valence-electron chi connectivity index (χ4n) is 2.16. The van der Waals surface area contributed by atoms with E-state index in [9.17, 15) is 5.11 Å². The Labute approximate surface area is 139 Å². The summed E-state index contributed by atoms with van der Waals surface area (Å²) in [6.45, 7) is 0. The predicted octanol–water partition coefficient (Wildman–Crippen LogP) is 4.42. The van der Waals surface area contributed by atoms with E-state index in [0.29, 0.717) is 4.77 Å². The summed E-state index contributed by atoms with van der Waals surface area (Å²) in [7, 11) is 0. The molecule has 8 heteroatoms. The van der Waals surface area contributed by atoms with Gasteiger partial charge in [0.15, 0.2) is 8.73 Å². The fraction of sp³-hybridized carbons (Fsp3) is 0.231.